The van der Waals surface area contributed by atoms with Gasteiger partial charge in [-0.2, -0.15) is 4.98 Å². The molecule has 0 spiro atoms. The van der Waals surface area contributed by atoms with Crippen molar-refractivity contribution in [1.82, 2.24) is 15.3 Å². The maximum absolute atomic E-state index is 13.1. The number of hydrogen-bond donors (Lipinski definition) is 2. The van der Waals surface area contributed by atoms with Gasteiger partial charge in [-0.25, -0.2) is 4.98 Å². The van der Waals surface area contributed by atoms with Crippen LogP contribution in [0.2, 0.25) is 10.0 Å². The number of aryl methyl sites for hydroxylation is 1. The molecule has 0 bridgehead atoms. The van der Waals surface area contributed by atoms with E-state index >= 15 is 0 Å². The van der Waals surface area contributed by atoms with Crippen LogP contribution in [0.25, 0.3) is 0 Å². The lowest BCUT2D eigenvalue weighted by molar-refractivity contribution is 0.0932. The average molecular weight is 499 g/mol. The number of anilines is 4. The largest absolute Gasteiger partial charge is 0.455 e. The molecule has 8 nitrogen and oxygen atoms in total. The van der Waals surface area contributed by atoms with Crippen LogP contribution in [0.1, 0.15) is 22.8 Å². The molecule has 34 heavy (non-hydrogen) atoms. The molecule has 2 aromatic carbocycles. The number of amides is 1. The van der Waals surface area contributed by atoms with Gasteiger partial charge >= 0.3 is 0 Å². The van der Waals surface area contributed by atoms with Gasteiger partial charge in [-0.15, -0.1) is 0 Å². The molecule has 2 N–H and O–H groups in total. The van der Waals surface area contributed by atoms with E-state index < -0.39 is 0 Å². The molecule has 5 rings (SSSR count). The number of halogens is 2. The number of fused-ring (bicyclic) bond motifs is 1. The van der Waals surface area contributed by atoms with Crippen LogP contribution < -0.4 is 25.2 Å². The van der Waals surface area contributed by atoms with Gasteiger partial charge in [0.05, 0.1) is 15.7 Å². The molecule has 0 aliphatic carbocycles. The second-order valence-corrected chi connectivity index (χ2v) is 9.18. The zero-order chi connectivity index (χ0) is 23.8. The topological polar surface area (TPSA) is 82.6 Å². The van der Waals surface area contributed by atoms with Crippen LogP contribution in [0.5, 0.6) is 5.88 Å². The molecule has 2 aliphatic rings. The number of carbonyl (C=O) groups excluding carboxylic acids is 1. The monoisotopic (exact) mass is 498 g/mol. The lowest BCUT2D eigenvalue weighted by atomic mass is 10.1. The van der Waals surface area contributed by atoms with Gasteiger partial charge in [-0.05, 0) is 49.7 Å². The minimum Gasteiger partial charge on any atom is -0.455 e. The van der Waals surface area contributed by atoms with E-state index in [0.29, 0.717) is 27.7 Å². The Balaban J connectivity index is 1.35. The van der Waals surface area contributed by atoms with Crippen LogP contribution in [-0.4, -0.2) is 48.3 Å². The van der Waals surface area contributed by atoms with Crippen molar-refractivity contribution in [2.45, 2.75) is 19.9 Å². The SMILES string of the molecule is Cc1cc(Nc2ncc3c(n2)OCN(c2c(Cl)cccc2Cl)C3=O)ccc1N1CCNC[C@H]1C. The van der Waals surface area contributed by atoms with Crippen molar-refractivity contribution in [1.29, 1.82) is 0 Å². The molecule has 0 saturated carbocycles. The fourth-order valence-electron chi connectivity index (χ4n) is 4.31. The second kappa shape index (κ2) is 9.29. The summed E-state index contributed by atoms with van der Waals surface area (Å²) in [6, 6.07) is 11.7. The third-order valence-corrected chi connectivity index (χ3v) is 6.64. The number of piperazine rings is 1. The molecule has 1 fully saturated rings. The van der Waals surface area contributed by atoms with Gasteiger partial charge in [0.15, 0.2) is 6.73 Å². The van der Waals surface area contributed by atoms with E-state index in [0.717, 1.165) is 30.9 Å². The van der Waals surface area contributed by atoms with Gasteiger partial charge in [0.25, 0.3) is 5.91 Å². The number of para-hydroxylation sites is 1. The molecule has 10 heteroatoms. The van der Waals surface area contributed by atoms with Crippen molar-refractivity contribution in [3.8, 4) is 5.88 Å². The summed E-state index contributed by atoms with van der Waals surface area (Å²) in [5, 5.41) is 7.36. The van der Waals surface area contributed by atoms with Crippen LogP contribution in [0.4, 0.5) is 23.0 Å². The minimum atomic E-state index is -0.326. The van der Waals surface area contributed by atoms with E-state index in [-0.39, 0.29) is 24.1 Å². The Morgan fingerprint density at radius 1 is 1.21 bits per heavy atom. The summed E-state index contributed by atoms with van der Waals surface area (Å²) in [5.74, 6) is 0.233. The predicted octanol–water partition coefficient (Wildman–Crippen LogP) is 4.63. The highest BCUT2D eigenvalue weighted by Crippen LogP contribution is 2.37. The van der Waals surface area contributed by atoms with Crippen LogP contribution >= 0.6 is 23.2 Å². The number of ether oxygens (including phenoxy) is 1. The van der Waals surface area contributed by atoms with E-state index in [1.54, 1.807) is 18.2 Å². The molecule has 0 unspecified atom stereocenters. The summed E-state index contributed by atoms with van der Waals surface area (Å²) in [5.41, 5.74) is 3.88. The van der Waals surface area contributed by atoms with E-state index in [1.807, 2.05) is 6.07 Å². The molecule has 3 aromatic rings. The summed E-state index contributed by atoms with van der Waals surface area (Å²) >= 11 is 12.5. The molecular weight excluding hydrogens is 475 g/mol. The molecule has 0 radical (unpaired) electrons. The summed E-state index contributed by atoms with van der Waals surface area (Å²) in [6.07, 6.45) is 1.45. The van der Waals surface area contributed by atoms with Crippen molar-refractivity contribution in [2.75, 3.05) is 41.5 Å². The third kappa shape index (κ3) is 4.24. The highest BCUT2D eigenvalue weighted by molar-refractivity contribution is 6.40. The Hall–Kier alpha value is -3.07. The van der Waals surface area contributed by atoms with Gasteiger partial charge < -0.3 is 20.3 Å². The zero-order valence-electron chi connectivity index (χ0n) is 18.8. The first-order valence-electron chi connectivity index (χ1n) is 11.0. The van der Waals surface area contributed by atoms with Gasteiger partial charge in [0, 0.05) is 43.2 Å². The average Bonchev–Trinajstić information content (AvgIpc) is 2.81. The lowest BCUT2D eigenvalue weighted by Crippen LogP contribution is -2.50. The first-order valence-corrected chi connectivity index (χ1v) is 11.8. The Bertz CT molecular complexity index is 1230. The molecule has 1 amide bonds. The lowest BCUT2D eigenvalue weighted by Gasteiger charge is -2.37. The third-order valence-electron chi connectivity index (χ3n) is 6.03. The van der Waals surface area contributed by atoms with Gasteiger partial charge in [0.1, 0.15) is 5.56 Å². The molecule has 1 aromatic heterocycles. The normalized spacial score (nSPS) is 17.9. The molecule has 176 valence electrons. The Kier molecular flexibility index (Phi) is 6.20. The summed E-state index contributed by atoms with van der Waals surface area (Å²) < 4.78 is 5.77. The summed E-state index contributed by atoms with van der Waals surface area (Å²) in [6.45, 7) is 7.19. The highest BCUT2D eigenvalue weighted by atomic mass is 35.5. The summed E-state index contributed by atoms with van der Waals surface area (Å²) in [4.78, 5) is 25.6. The van der Waals surface area contributed by atoms with Crippen molar-refractivity contribution in [3.05, 3.63) is 63.8 Å². The van der Waals surface area contributed by atoms with E-state index in [1.165, 1.54) is 16.8 Å². The first kappa shape index (κ1) is 22.7. The standard InChI is InChI=1S/C24H24Cl2N6O2/c1-14-10-16(6-7-20(14)31-9-8-27-11-15(31)2)29-24-28-12-17-22(30-24)34-13-32(23(17)33)21-18(25)4-3-5-19(21)26/h3-7,10,12,15,27H,8-9,11,13H2,1-2H3,(H,28,29,30)/t15-/m1/s1. The maximum Gasteiger partial charge on any atom is 0.268 e. The molecule has 2 aliphatic heterocycles. The van der Waals surface area contributed by atoms with Gasteiger partial charge in [-0.3, -0.25) is 9.69 Å². The van der Waals surface area contributed by atoms with E-state index in [9.17, 15) is 4.79 Å². The van der Waals surface area contributed by atoms with E-state index in [2.05, 4.69) is 51.5 Å². The fraction of sp³-hybridized carbons (Fsp3) is 0.292. The zero-order valence-corrected chi connectivity index (χ0v) is 20.3. The first-order chi connectivity index (χ1) is 16.4. The number of rotatable bonds is 4. The van der Waals surface area contributed by atoms with Crippen molar-refractivity contribution >= 4 is 52.1 Å². The molecule has 1 saturated heterocycles. The van der Waals surface area contributed by atoms with Crippen molar-refractivity contribution in [3.63, 3.8) is 0 Å². The smallest absolute Gasteiger partial charge is 0.268 e. The minimum absolute atomic E-state index is 0.0532. The van der Waals surface area contributed by atoms with Crippen molar-refractivity contribution in [2.24, 2.45) is 0 Å². The molecular formula is C24H24Cl2N6O2. The van der Waals surface area contributed by atoms with Crippen molar-refractivity contribution < 1.29 is 9.53 Å². The number of nitrogens with one attached hydrogen (secondary N) is 2. The van der Waals surface area contributed by atoms with E-state index in [4.69, 9.17) is 27.9 Å². The second-order valence-electron chi connectivity index (χ2n) is 8.36. The Labute approximate surface area is 207 Å². The predicted molar refractivity (Wildman–Crippen MR) is 135 cm³/mol. The highest BCUT2D eigenvalue weighted by Gasteiger charge is 2.31. The quantitative estimate of drug-likeness (QED) is 0.542. The summed E-state index contributed by atoms with van der Waals surface area (Å²) in [7, 11) is 0. The maximum atomic E-state index is 13.1. The van der Waals surface area contributed by atoms with Gasteiger partial charge in [-0.1, -0.05) is 29.3 Å². The number of aromatic nitrogens is 2. The Morgan fingerprint density at radius 3 is 2.74 bits per heavy atom. The van der Waals surface area contributed by atoms with Crippen LogP contribution in [0.3, 0.4) is 0 Å². The van der Waals surface area contributed by atoms with Crippen LogP contribution in [-0.2, 0) is 0 Å². The molecule has 1 atom stereocenters. The fourth-order valence-corrected chi connectivity index (χ4v) is 4.91. The number of benzene rings is 2. The molecule has 3 heterocycles. The van der Waals surface area contributed by atoms with Gasteiger partial charge in [0.2, 0.25) is 11.8 Å². The number of nitrogens with zero attached hydrogens (tertiary/aromatic N) is 4. The van der Waals surface area contributed by atoms with Crippen LogP contribution in [0, 0.1) is 6.92 Å². The van der Waals surface area contributed by atoms with Crippen LogP contribution in [0.15, 0.2) is 42.6 Å². The number of carbonyl (C=O) groups is 1. The Morgan fingerprint density at radius 2 is 2.00 bits per heavy atom. The number of hydrogen-bond acceptors (Lipinski definition) is 7.